The lowest BCUT2D eigenvalue weighted by Crippen LogP contribution is -2.13. The second kappa shape index (κ2) is 6.32. The first-order valence-electron chi connectivity index (χ1n) is 6.87. The van der Waals surface area contributed by atoms with E-state index in [0.717, 1.165) is 12.8 Å². The van der Waals surface area contributed by atoms with Gasteiger partial charge in [-0.2, -0.15) is 0 Å². The van der Waals surface area contributed by atoms with Gasteiger partial charge in [0.05, 0.1) is 6.54 Å². The van der Waals surface area contributed by atoms with Crippen LogP contribution in [0.3, 0.4) is 0 Å². The Balaban J connectivity index is 2.22. The average molecular weight is 308 g/mol. The highest BCUT2D eigenvalue weighted by Gasteiger charge is 2.21. The molecule has 1 aromatic carbocycles. The maximum atomic E-state index is 12.4. The molecule has 3 N–H and O–H groups in total. The van der Waals surface area contributed by atoms with Gasteiger partial charge in [0.1, 0.15) is 16.4 Å². The summed E-state index contributed by atoms with van der Waals surface area (Å²) in [5.74, 6) is 0.789. The normalized spacial score (nSPS) is 11.6. The summed E-state index contributed by atoms with van der Waals surface area (Å²) in [5, 5.41) is 0. The molecule has 21 heavy (non-hydrogen) atoms. The molecule has 0 aliphatic rings. The zero-order chi connectivity index (χ0) is 15.5. The molecule has 0 aliphatic heterocycles. The third-order valence-electron chi connectivity index (χ3n) is 3.16. The van der Waals surface area contributed by atoms with Gasteiger partial charge in [-0.3, -0.25) is 4.72 Å². The van der Waals surface area contributed by atoms with E-state index in [0.29, 0.717) is 17.2 Å². The molecule has 0 aliphatic carbocycles. The van der Waals surface area contributed by atoms with Crippen molar-refractivity contribution in [2.45, 2.75) is 38.1 Å². The van der Waals surface area contributed by atoms with Crippen LogP contribution >= 0.6 is 0 Å². The second-order valence-corrected chi connectivity index (χ2v) is 6.54. The second-order valence-electron chi connectivity index (χ2n) is 4.89. The van der Waals surface area contributed by atoms with Gasteiger partial charge in [0, 0.05) is 11.8 Å². The van der Waals surface area contributed by atoms with Crippen LogP contribution in [0.1, 0.15) is 30.4 Å². The summed E-state index contributed by atoms with van der Waals surface area (Å²) in [6.07, 6.45) is 2.04. The molecule has 6 heteroatoms. The van der Waals surface area contributed by atoms with Crippen LogP contribution in [0.4, 0.5) is 5.69 Å². The van der Waals surface area contributed by atoms with E-state index in [1.165, 1.54) is 11.6 Å². The number of nitrogens with one attached hydrogen (secondary N) is 1. The molecule has 0 saturated heterocycles. The number of benzene rings is 1. The molecule has 2 aromatic rings. The standard InChI is InChI=1S/C15H20N2O3S/c1-3-4-12-5-7-13(8-6-12)17-21(18,19)15-9-14(10-16)20-11(15)2/h5-9,17H,3-4,10,16H2,1-2H3. The highest BCUT2D eigenvalue weighted by Crippen LogP contribution is 2.23. The van der Waals surface area contributed by atoms with Gasteiger partial charge in [-0.25, -0.2) is 8.42 Å². The molecule has 0 bridgehead atoms. The average Bonchev–Trinajstić information content (AvgIpc) is 2.83. The number of rotatable bonds is 6. The predicted octanol–water partition coefficient (Wildman–Crippen LogP) is 2.80. The van der Waals surface area contributed by atoms with Crippen LogP contribution in [0, 0.1) is 6.92 Å². The fraction of sp³-hybridized carbons (Fsp3) is 0.333. The summed E-state index contributed by atoms with van der Waals surface area (Å²) in [5.41, 5.74) is 7.18. The van der Waals surface area contributed by atoms with E-state index >= 15 is 0 Å². The molecule has 0 atom stereocenters. The van der Waals surface area contributed by atoms with Crippen LogP contribution < -0.4 is 10.5 Å². The molecular formula is C15H20N2O3S. The maximum Gasteiger partial charge on any atom is 0.265 e. The lowest BCUT2D eigenvalue weighted by molar-refractivity contribution is 0.479. The molecule has 2 rings (SSSR count). The van der Waals surface area contributed by atoms with Gasteiger partial charge in [0.25, 0.3) is 10.0 Å². The molecule has 5 nitrogen and oxygen atoms in total. The van der Waals surface area contributed by atoms with Crippen molar-refractivity contribution in [1.82, 2.24) is 0 Å². The van der Waals surface area contributed by atoms with Gasteiger partial charge in [-0.05, 0) is 31.0 Å². The number of hydrogen-bond donors (Lipinski definition) is 2. The van der Waals surface area contributed by atoms with Crippen LogP contribution in [0.25, 0.3) is 0 Å². The lowest BCUT2D eigenvalue weighted by Gasteiger charge is -2.07. The molecule has 114 valence electrons. The Labute approximate surface area is 125 Å². The summed E-state index contributed by atoms with van der Waals surface area (Å²) in [6, 6.07) is 8.84. The maximum absolute atomic E-state index is 12.4. The fourth-order valence-electron chi connectivity index (χ4n) is 2.13. The molecule has 0 unspecified atom stereocenters. The minimum absolute atomic E-state index is 0.126. The molecular weight excluding hydrogens is 288 g/mol. The number of aryl methyl sites for hydroxylation is 2. The number of sulfonamides is 1. The van der Waals surface area contributed by atoms with Crippen LogP contribution in [-0.4, -0.2) is 8.42 Å². The van der Waals surface area contributed by atoms with Crippen LogP contribution in [0.5, 0.6) is 0 Å². The van der Waals surface area contributed by atoms with Crippen molar-refractivity contribution >= 4 is 15.7 Å². The van der Waals surface area contributed by atoms with Gasteiger partial charge < -0.3 is 10.2 Å². The van der Waals surface area contributed by atoms with Crippen LogP contribution in [0.15, 0.2) is 39.6 Å². The first kappa shape index (κ1) is 15.6. The Morgan fingerprint density at radius 1 is 1.24 bits per heavy atom. The van der Waals surface area contributed by atoms with Crippen molar-refractivity contribution in [2.24, 2.45) is 5.73 Å². The Kier molecular flexibility index (Phi) is 4.69. The van der Waals surface area contributed by atoms with E-state index in [-0.39, 0.29) is 11.4 Å². The Hall–Kier alpha value is -1.79. The van der Waals surface area contributed by atoms with E-state index in [9.17, 15) is 8.42 Å². The van der Waals surface area contributed by atoms with Crippen molar-refractivity contribution in [3.63, 3.8) is 0 Å². The number of furan rings is 1. The fourth-order valence-corrected chi connectivity index (χ4v) is 3.39. The molecule has 1 heterocycles. The molecule has 0 fully saturated rings. The zero-order valence-electron chi connectivity index (χ0n) is 12.2. The van der Waals surface area contributed by atoms with E-state index in [1.807, 2.05) is 12.1 Å². The van der Waals surface area contributed by atoms with E-state index in [2.05, 4.69) is 11.6 Å². The highest BCUT2D eigenvalue weighted by atomic mass is 32.2. The minimum atomic E-state index is -3.66. The quantitative estimate of drug-likeness (QED) is 0.859. The topological polar surface area (TPSA) is 85.3 Å². The summed E-state index contributed by atoms with van der Waals surface area (Å²) in [6.45, 7) is 3.88. The van der Waals surface area contributed by atoms with E-state index in [4.69, 9.17) is 10.2 Å². The number of anilines is 1. The SMILES string of the molecule is CCCc1ccc(NS(=O)(=O)c2cc(CN)oc2C)cc1. The van der Waals surface area contributed by atoms with Gasteiger partial charge in [-0.15, -0.1) is 0 Å². The largest absolute Gasteiger partial charge is 0.464 e. The van der Waals surface area contributed by atoms with Gasteiger partial charge in [0.2, 0.25) is 0 Å². The monoisotopic (exact) mass is 308 g/mol. The van der Waals surface area contributed by atoms with E-state index < -0.39 is 10.0 Å². The number of hydrogen-bond acceptors (Lipinski definition) is 4. The Morgan fingerprint density at radius 2 is 1.90 bits per heavy atom. The van der Waals surface area contributed by atoms with Gasteiger partial charge in [-0.1, -0.05) is 25.5 Å². The third kappa shape index (κ3) is 3.65. The zero-order valence-corrected chi connectivity index (χ0v) is 13.0. The van der Waals surface area contributed by atoms with Crippen molar-refractivity contribution in [3.05, 3.63) is 47.4 Å². The van der Waals surface area contributed by atoms with Crippen LogP contribution in [-0.2, 0) is 23.0 Å². The van der Waals surface area contributed by atoms with Gasteiger partial charge >= 0.3 is 0 Å². The first-order chi connectivity index (χ1) is 9.96. The molecule has 0 spiro atoms. The number of nitrogens with two attached hydrogens (primary N) is 1. The van der Waals surface area contributed by atoms with Gasteiger partial charge in [0.15, 0.2) is 0 Å². The Morgan fingerprint density at radius 3 is 2.43 bits per heavy atom. The summed E-state index contributed by atoms with van der Waals surface area (Å²) >= 11 is 0. The summed E-state index contributed by atoms with van der Waals surface area (Å²) < 4.78 is 32.5. The molecule has 0 amide bonds. The molecule has 1 aromatic heterocycles. The molecule has 0 saturated carbocycles. The van der Waals surface area contributed by atoms with Crippen molar-refractivity contribution < 1.29 is 12.8 Å². The van der Waals surface area contributed by atoms with Crippen LogP contribution in [0.2, 0.25) is 0 Å². The molecule has 0 radical (unpaired) electrons. The summed E-state index contributed by atoms with van der Waals surface area (Å²) in [4.78, 5) is 0.126. The summed E-state index contributed by atoms with van der Waals surface area (Å²) in [7, 11) is -3.66. The van der Waals surface area contributed by atoms with Crippen molar-refractivity contribution in [1.29, 1.82) is 0 Å². The third-order valence-corrected chi connectivity index (χ3v) is 4.65. The lowest BCUT2D eigenvalue weighted by atomic mass is 10.1. The Bertz CT molecular complexity index is 703. The highest BCUT2D eigenvalue weighted by molar-refractivity contribution is 7.92. The first-order valence-corrected chi connectivity index (χ1v) is 8.35. The van der Waals surface area contributed by atoms with Crippen molar-refractivity contribution in [2.75, 3.05) is 4.72 Å². The minimum Gasteiger partial charge on any atom is -0.464 e. The van der Waals surface area contributed by atoms with E-state index in [1.54, 1.807) is 19.1 Å². The smallest absolute Gasteiger partial charge is 0.265 e. The van der Waals surface area contributed by atoms with Crippen molar-refractivity contribution in [3.8, 4) is 0 Å². The predicted molar refractivity (Wildman–Crippen MR) is 82.6 cm³/mol.